The molecule has 0 aromatic heterocycles. The van der Waals surface area contributed by atoms with Crippen molar-refractivity contribution in [3.8, 4) is 0 Å². The smallest absolute Gasteiger partial charge is 0.306 e. The van der Waals surface area contributed by atoms with Crippen molar-refractivity contribution in [2.24, 2.45) is 11.8 Å². The number of ether oxygens (including phenoxy) is 1. The molecule has 0 aromatic rings. The maximum atomic E-state index is 11.0. The van der Waals surface area contributed by atoms with E-state index >= 15 is 0 Å². The lowest BCUT2D eigenvalue weighted by Gasteiger charge is -2.15. The Morgan fingerprint density at radius 3 is 2.91 bits per heavy atom. The third kappa shape index (κ3) is 1.55. The summed E-state index contributed by atoms with van der Waals surface area (Å²) < 4.78 is 5.02. The third-order valence-electron chi connectivity index (χ3n) is 2.89. The summed E-state index contributed by atoms with van der Waals surface area (Å²) in [6, 6.07) is 0. The van der Waals surface area contributed by atoms with E-state index in [0.717, 1.165) is 12.3 Å². The summed E-state index contributed by atoms with van der Waals surface area (Å²) in [6.45, 7) is 0.663. The van der Waals surface area contributed by atoms with E-state index in [4.69, 9.17) is 4.74 Å². The van der Waals surface area contributed by atoms with E-state index in [-0.39, 0.29) is 5.97 Å². The molecule has 2 heteroatoms. The van der Waals surface area contributed by atoms with E-state index in [1.807, 2.05) is 0 Å². The van der Waals surface area contributed by atoms with Crippen molar-refractivity contribution in [2.45, 2.75) is 32.1 Å². The average Bonchev–Trinajstić information content (AvgIpc) is 2.34. The number of carbonyl (C=O) groups is 1. The van der Waals surface area contributed by atoms with Crippen LogP contribution in [0.2, 0.25) is 0 Å². The highest BCUT2D eigenvalue weighted by Gasteiger charge is 2.28. The molecule has 1 saturated carbocycles. The molecule has 0 aromatic carbocycles. The topological polar surface area (TPSA) is 26.3 Å². The Kier molecular flexibility index (Phi) is 1.84. The lowest BCUT2D eigenvalue weighted by Crippen LogP contribution is -2.15. The van der Waals surface area contributed by atoms with Crippen molar-refractivity contribution >= 4 is 5.97 Å². The van der Waals surface area contributed by atoms with Crippen LogP contribution in [0.4, 0.5) is 0 Å². The fourth-order valence-corrected chi connectivity index (χ4v) is 2.26. The molecule has 0 N–H and O–H groups in total. The summed E-state index contributed by atoms with van der Waals surface area (Å²) in [5.74, 6) is 1.52. The van der Waals surface area contributed by atoms with Gasteiger partial charge in [-0.05, 0) is 31.1 Å². The Balaban J connectivity index is 1.99. The molecule has 2 unspecified atom stereocenters. The first-order valence-corrected chi connectivity index (χ1v) is 4.50. The molecule has 62 valence electrons. The van der Waals surface area contributed by atoms with E-state index in [0.29, 0.717) is 18.9 Å². The molecular weight excluding hydrogens is 140 g/mol. The fraction of sp³-hybridized carbons (Fsp3) is 0.889. The Morgan fingerprint density at radius 1 is 1.18 bits per heavy atom. The predicted molar refractivity (Wildman–Crippen MR) is 41.0 cm³/mol. The van der Waals surface area contributed by atoms with Crippen LogP contribution in [0, 0.1) is 11.8 Å². The molecular formula is C9H14O2. The van der Waals surface area contributed by atoms with Gasteiger partial charge < -0.3 is 4.74 Å². The molecule has 2 fully saturated rings. The van der Waals surface area contributed by atoms with Gasteiger partial charge in [0.05, 0.1) is 6.61 Å². The molecule has 0 amide bonds. The zero-order valence-corrected chi connectivity index (χ0v) is 6.71. The van der Waals surface area contributed by atoms with Gasteiger partial charge in [-0.1, -0.05) is 6.42 Å². The van der Waals surface area contributed by atoms with Crippen LogP contribution in [0.1, 0.15) is 32.1 Å². The minimum Gasteiger partial charge on any atom is -0.466 e. The van der Waals surface area contributed by atoms with Gasteiger partial charge in [0.25, 0.3) is 0 Å². The van der Waals surface area contributed by atoms with E-state index in [1.54, 1.807) is 0 Å². The maximum Gasteiger partial charge on any atom is 0.306 e. The second kappa shape index (κ2) is 2.84. The van der Waals surface area contributed by atoms with Crippen molar-refractivity contribution in [3.05, 3.63) is 0 Å². The summed E-state index contributed by atoms with van der Waals surface area (Å²) in [7, 11) is 0. The normalized spacial score (nSPS) is 37.6. The van der Waals surface area contributed by atoms with Crippen LogP contribution in [-0.4, -0.2) is 12.6 Å². The van der Waals surface area contributed by atoms with Crippen LogP contribution in [0.3, 0.4) is 0 Å². The number of esters is 1. The Morgan fingerprint density at radius 2 is 2.00 bits per heavy atom. The summed E-state index contributed by atoms with van der Waals surface area (Å²) >= 11 is 0. The van der Waals surface area contributed by atoms with Gasteiger partial charge in [0.1, 0.15) is 0 Å². The molecule has 1 saturated heterocycles. The number of hydrogen-bond donors (Lipinski definition) is 0. The van der Waals surface area contributed by atoms with Crippen LogP contribution < -0.4 is 0 Å². The number of carbonyl (C=O) groups excluding carboxylic acids is 1. The van der Waals surface area contributed by atoms with Crippen molar-refractivity contribution < 1.29 is 9.53 Å². The first-order valence-electron chi connectivity index (χ1n) is 4.50. The predicted octanol–water partition coefficient (Wildman–Crippen LogP) is 1.74. The van der Waals surface area contributed by atoms with Crippen LogP contribution in [0.5, 0.6) is 0 Å². The molecule has 2 aliphatic rings. The standard InChI is InChI=1S/C9H14O2/c10-9-6-8-2-1-7(5-8)3-4-11-9/h7-8H,1-6H2. The molecule has 0 radical (unpaired) electrons. The average molecular weight is 154 g/mol. The molecule has 0 spiro atoms. The van der Waals surface area contributed by atoms with Gasteiger partial charge in [-0.25, -0.2) is 0 Å². The first kappa shape index (κ1) is 7.14. The van der Waals surface area contributed by atoms with Gasteiger partial charge >= 0.3 is 5.97 Å². The van der Waals surface area contributed by atoms with Gasteiger partial charge in [0.2, 0.25) is 0 Å². The van der Waals surface area contributed by atoms with Crippen LogP contribution in [0.25, 0.3) is 0 Å². The lowest BCUT2D eigenvalue weighted by molar-refractivity contribution is -0.145. The van der Waals surface area contributed by atoms with E-state index in [2.05, 4.69) is 0 Å². The highest BCUT2D eigenvalue weighted by molar-refractivity contribution is 5.69. The van der Waals surface area contributed by atoms with E-state index in [9.17, 15) is 4.79 Å². The van der Waals surface area contributed by atoms with Gasteiger partial charge in [0, 0.05) is 6.42 Å². The second-order valence-electron chi connectivity index (χ2n) is 3.76. The van der Waals surface area contributed by atoms with Gasteiger partial charge in [0.15, 0.2) is 0 Å². The highest BCUT2D eigenvalue weighted by atomic mass is 16.5. The molecule has 2 nitrogen and oxygen atoms in total. The minimum atomic E-state index is 0.0235. The number of fused-ring (bicyclic) bond motifs is 2. The number of rotatable bonds is 0. The first-order chi connectivity index (χ1) is 5.34. The Hall–Kier alpha value is -0.530. The van der Waals surface area contributed by atoms with Crippen LogP contribution in [-0.2, 0) is 9.53 Å². The van der Waals surface area contributed by atoms with Crippen molar-refractivity contribution in [3.63, 3.8) is 0 Å². The maximum absolute atomic E-state index is 11.0. The lowest BCUT2D eigenvalue weighted by atomic mass is 9.99. The largest absolute Gasteiger partial charge is 0.466 e. The molecule has 1 aliphatic carbocycles. The number of hydrogen-bond acceptors (Lipinski definition) is 2. The summed E-state index contributed by atoms with van der Waals surface area (Å²) in [6.07, 6.45) is 5.62. The van der Waals surface area contributed by atoms with Gasteiger partial charge in [-0.15, -0.1) is 0 Å². The summed E-state index contributed by atoms with van der Waals surface area (Å²) in [5, 5.41) is 0. The zero-order chi connectivity index (χ0) is 7.68. The summed E-state index contributed by atoms with van der Waals surface area (Å²) in [4.78, 5) is 11.0. The minimum absolute atomic E-state index is 0.0235. The van der Waals surface area contributed by atoms with E-state index in [1.165, 1.54) is 19.3 Å². The highest BCUT2D eigenvalue weighted by Crippen LogP contribution is 2.36. The van der Waals surface area contributed by atoms with Crippen molar-refractivity contribution in [2.75, 3.05) is 6.61 Å². The zero-order valence-electron chi connectivity index (χ0n) is 6.71. The molecule has 1 aliphatic heterocycles. The fourth-order valence-electron chi connectivity index (χ4n) is 2.26. The van der Waals surface area contributed by atoms with Gasteiger partial charge in [-0.2, -0.15) is 0 Å². The Bertz CT molecular complexity index is 165. The summed E-state index contributed by atoms with van der Waals surface area (Å²) in [5.41, 5.74) is 0. The molecule has 2 bridgehead atoms. The molecule has 2 rings (SSSR count). The number of cyclic esters (lactones) is 1. The Labute approximate surface area is 66.9 Å². The van der Waals surface area contributed by atoms with Crippen molar-refractivity contribution in [1.29, 1.82) is 0 Å². The van der Waals surface area contributed by atoms with Gasteiger partial charge in [-0.3, -0.25) is 4.79 Å². The third-order valence-corrected chi connectivity index (χ3v) is 2.89. The molecule has 11 heavy (non-hydrogen) atoms. The van der Waals surface area contributed by atoms with Crippen LogP contribution in [0.15, 0.2) is 0 Å². The van der Waals surface area contributed by atoms with E-state index < -0.39 is 0 Å². The molecule has 1 heterocycles. The molecule has 2 atom stereocenters. The SMILES string of the molecule is O=C1CC2CCC(CCO1)C2. The van der Waals surface area contributed by atoms with Crippen molar-refractivity contribution in [1.82, 2.24) is 0 Å². The second-order valence-corrected chi connectivity index (χ2v) is 3.76. The monoisotopic (exact) mass is 154 g/mol. The quantitative estimate of drug-likeness (QED) is 0.497. The van der Waals surface area contributed by atoms with Crippen LogP contribution >= 0.6 is 0 Å².